The molecule has 1 aromatic carbocycles. The molecule has 7 heteroatoms. The fourth-order valence-corrected chi connectivity index (χ4v) is 2.45. The van der Waals surface area contributed by atoms with Gasteiger partial charge in [-0.15, -0.1) is 0 Å². The Hall–Kier alpha value is -2.28. The highest BCUT2D eigenvalue weighted by molar-refractivity contribution is 7.90. The molecule has 0 unspecified atom stereocenters. The largest absolute Gasteiger partial charge is 0.493 e. The first-order chi connectivity index (χ1) is 10.4. The molecule has 0 aliphatic carbocycles. The number of hydrogen-bond donors (Lipinski definition) is 0. The van der Waals surface area contributed by atoms with Crippen molar-refractivity contribution in [2.75, 3.05) is 7.11 Å². The second-order valence-electron chi connectivity index (χ2n) is 4.58. The van der Waals surface area contributed by atoms with E-state index in [9.17, 15) is 13.2 Å². The van der Waals surface area contributed by atoms with Gasteiger partial charge in [-0.05, 0) is 12.5 Å². The van der Waals surface area contributed by atoms with Crippen LogP contribution in [0.3, 0.4) is 0 Å². The first-order valence-corrected chi connectivity index (χ1v) is 8.08. The number of rotatable bonds is 6. The Labute approximate surface area is 128 Å². The third-order valence-corrected chi connectivity index (χ3v) is 3.88. The molecule has 0 bridgehead atoms. The highest BCUT2D eigenvalue weighted by Gasteiger charge is 2.16. The highest BCUT2D eigenvalue weighted by Crippen LogP contribution is 2.32. The molecule has 0 saturated carbocycles. The Bertz CT molecular complexity index is 863. The molecule has 6 nitrogen and oxygen atoms in total. The molecule has 0 aliphatic rings. The van der Waals surface area contributed by atoms with Crippen LogP contribution in [-0.4, -0.2) is 15.5 Å². The van der Waals surface area contributed by atoms with Crippen LogP contribution in [0.1, 0.15) is 18.9 Å². The van der Waals surface area contributed by atoms with Crippen LogP contribution in [-0.2, 0) is 16.5 Å². The summed E-state index contributed by atoms with van der Waals surface area (Å²) in [5.41, 5.74) is 0.615. The minimum Gasteiger partial charge on any atom is -0.493 e. The van der Waals surface area contributed by atoms with Gasteiger partial charge in [-0.1, -0.05) is 19.9 Å². The fourth-order valence-electron chi connectivity index (χ4n) is 2.00. The summed E-state index contributed by atoms with van der Waals surface area (Å²) in [5.74, 6) is 0.0557. The van der Waals surface area contributed by atoms with Crippen LogP contribution in [0.5, 0.6) is 11.5 Å². The Kier molecular flexibility index (Phi) is 4.56. The lowest BCUT2D eigenvalue weighted by molar-refractivity contribution is 0.392. The Morgan fingerprint density at radius 2 is 2.05 bits per heavy atom. The average Bonchev–Trinajstić information content (AvgIpc) is 2.49. The van der Waals surface area contributed by atoms with Crippen LogP contribution in [0.15, 0.2) is 39.6 Å². The van der Waals surface area contributed by atoms with E-state index in [2.05, 4.69) is 6.58 Å². The van der Waals surface area contributed by atoms with Gasteiger partial charge in [0.1, 0.15) is 5.58 Å². The zero-order valence-corrected chi connectivity index (χ0v) is 13.1. The molecule has 0 atom stereocenters. The van der Waals surface area contributed by atoms with Crippen LogP contribution < -0.4 is 14.3 Å². The minimum atomic E-state index is -3.94. The lowest BCUT2D eigenvalue weighted by atomic mass is 10.1. The van der Waals surface area contributed by atoms with Crippen LogP contribution in [0.2, 0.25) is 0 Å². The molecule has 0 saturated heterocycles. The van der Waals surface area contributed by atoms with Crippen molar-refractivity contribution in [2.45, 2.75) is 19.8 Å². The average molecular weight is 324 g/mol. The molecule has 118 valence electrons. The second-order valence-corrected chi connectivity index (χ2v) is 6.07. The van der Waals surface area contributed by atoms with E-state index in [0.29, 0.717) is 22.8 Å². The molecule has 0 aliphatic heterocycles. The van der Waals surface area contributed by atoms with E-state index in [1.807, 2.05) is 6.92 Å². The maximum atomic E-state index is 12.3. The van der Waals surface area contributed by atoms with Crippen LogP contribution in [0, 0.1) is 0 Å². The Morgan fingerprint density at radius 3 is 2.64 bits per heavy atom. The van der Waals surface area contributed by atoms with E-state index in [4.69, 9.17) is 13.3 Å². The van der Waals surface area contributed by atoms with Gasteiger partial charge in [0.25, 0.3) is 0 Å². The van der Waals surface area contributed by atoms with E-state index in [1.54, 1.807) is 0 Å². The summed E-state index contributed by atoms with van der Waals surface area (Å²) >= 11 is 0. The van der Waals surface area contributed by atoms with E-state index in [1.165, 1.54) is 25.5 Å². The number of fused-ring (bicyclic) bond motifs is 1. The zero-order chi connectivity index (χ0) is 16.3. The van der Waals surface area contributed by atoms with E-state index < -0.39 is 10.1 Å². The smallest absolute Gasteiger partial charge is 0.331 e. The summed E-state index contributed by atoms with van der Waals surface area (Å²) in [4.78, 5) is 12.3. The summed E-state index contributed by atoms with van der Waals surface area (Å²) in [6.07, 6.45) is 2.79. The van der Waals surface area contributed by atoms with Gasteiger partial charge in [0, 0.05) is 11.6 Å². The number of hydrogen-bond acceptors (Lipinski definition) is 6. The van der Waals surface area contributed by atoms with Gasteiger partial charge in [-0.2, -0.15) is 8.42 Å². The summed E-state index contributed by atoms with van der Waals surface area (Å²) in [6, 6.07) is 2.72. The molecule has 2 aromatic rings. The Balaban J connectivity index is 2.65. The van der Waals surface area contributed by atoms with Crippen molar-refractivity contribution < 1.29 is 21.8 Å². The molecule has 0 amide bonds. The summed E-state index contributed by atoms with van der Waals surface area (Å²) < 4.78 is 38.4. The maximum absolute atomic E-state index is 12.3. The van der Waals surface area contributed by atoms with Crippen molar-refractivity contribution in [1.82, 2.24) is 0 Å². The van der Waals surface area contributed by atoms with E-state index in [-0.39, 0.29) is 22.5 Å². The molecule has 0 fully saturated rings. The zero-order valence-electron chi connectivity index (χ0n) is 12.3. The first-order valence-electron chi connectivity index (χ1n) is 6.61. The Morgan fingerprint density at radius 1 is 1.32 bits per heavy atom. The molecule has 2 rings (SSSR count). The third kappa shape index (κ3) is 3.14. The van der Waals surface area contributed by atoms with Crippen molar-refractivity contribution >= 4 is 21.1 Å². The molecule has 0 spiro atoms. The van der Waals surface area contributed by atoms with Gasteiger partial charge in [0.2, 0.25) is 0 Å². The number of aryl methyl sites for hydroxylation is 1. The topological polar surface area (TPSA) is 82.8 Å². The van der Waals surface area contributed by atoms with Crippen LogP contribution >= 0.6 is 0 Å². The molecular weight excluding hydrogens is 308 g/mol. The number of ether oxygens (including phenoxy) is 1. The second kappa shape index (κ2) is 6.23. The normalized spacial score (nSPS) is 11.4. The monoisotopic (exact) mass is 324 g/mol. The van der Waals surface area contributed by atoms with E-state index in [0.717, 1.165) is 6.42 Å². The molecule has 22 heavy (non-hydrogen) atoms. The third-order valence-electron chi connectivity index (χ3n) is 3.06. The van der Waals surface area contributed by atoms with Gasteiger partial charge < -0.3 is 13.3 Å². The van der Waals surface area contributed by atoms with Gasteiger partial charge >= 0.3 is 10.1 Å². The van der Waals surface area contributed by atoms with Crippen molar-refractivity contribution in [1.29, 1.82) is 0 Å². The lowest BCUT2D eigenvalue weighted by Crippen LogP contribution is -2.10. The highest BCUT2D eigenvalue weighted by atomic mass is 32.2. The van der Waals surface area contributed by atoms with Crippen molar-refractivity contribution in [3.05, 3.63) is 46.2 Å². The lowest BCUT2D eigenvalue weighted by Gasteiger charge is -2.10. The standard InChI is InChI=1S/C15H16O6S/c1-4-6-10-9-20-12-8-14(21-22(17,18)5-2)13(19-3)7-11(12)15(10)16/h5,7-9H,2,4,6H2,1,3H3. The molecule has 0 N–H and O–H groups in total. The van der Waals surface area contributed by atoms with Crippen molar-refractivity contribution in [3.8, 4) is 11.5 Å². The number of methoxy groups -OCH3 is 1. The summed E-state index contributed by atoms with van der Waals surface area (Å²) in [5, 5.41) is 0.989. The summed E-state index contributed by atoms with van der Waals surface area (Å²) in [6.45, 7) is 5.12. The fraction of sp³-hybridized carbons (Fsp3) is 0.267. The predicted octanol–water partition coefficient (Wildman–Crippen LogP) is 2.61. The maximum Gasteiger partial charge on any atom is 0.331 e. The molecule has 0 radical (unpaired) electrons. The number of benzene rings is 1. The van der Waals surface area contributed by atoms with Crippen LogP contribution in [0.4, 0.5) is 0 Å². The van der Waals surface area contributed by atoms with E-state index >= 15 is 0 Å². The van der Waals surface area contributed by atoms with Crippen molar-refractivity contribution in [2.24, 2.45) is 0 Å². The van der Waals surface area contributed by atoms with Gasteiger partial charge in [-0.25, -0.2) is 0 Å². The van der Waals surface area contributed by atoms with Gasteiger partial charge in [0.15, 0.2) is 16.9 Å². The first kappa shape index (κ1) is 16.1. The summed E-state index contributed by atoms with van der Waals surface area (Å²) in [7, 11) is -2.58. The van der Waals surface area contributed by atoms with Gasteiger partial charge in [0.05, 0.1) is 24.2 Å². The van der Waals surface area contributed by atoms with Gasteiger partial charge in [-0.3, -0.25) is 4.79 Å². The SMILES string of the molecule is C=CS(=O)(=O)Oc1cc2occ(CCC)c(=O)c2cc1OC. The molecule has 1 heterocycles. The molecule has 1 aromatic heterocycles. The predicted molar refractivity (Wildman–Crippen MR) is 82.8 cm³/mol. The quantitative estimate of drug-likeness (QED) is 0.760. The molecular formula is C15H16O6S. The van der Waals surface area contributed by atoms with Crippen LogP contribution in [0.25, 0.3) is 11.0 Å². The minimum absolute atomic E-state index is 0.0682. The van der Waals surface area contributed by atoms with Crippen molar-refractivity contribution in [3.63, 3.8) is 0 Å².